The Morgan fingerprint density at radius 2 is 1.77 bits per heavy atom. The Morgan fingerprint density at radius 3 is 2.15 bits per heavy atom. The van der Waals surface area contributed by atoms with Gasteiger partial charge in [-0.25, -0.2) is 19.4 Å². The molecule has 0 aromatic heterocycles. The summed E-state index contributed by atoms with van der Waals surface area (Å²) in [5.41, 5.74) is 0. The summed E-state index contributed by atoms with van der Waals surface area (Å²) in [5.74, 6) is -2.69. The summed E-state index contributed by atoms with van der Waals surface area (Å²) in [6, 6.07) is 0. The van der Waals surface area contributed by atoms with Crippen LogP contribution in [0.4, 0.5) is 0 Å². The van der Waals surface area contributed by atoms with Crippen molar-refractivity contribution in [1.29, 1.82) is 0 Å². The van der Waals surface area contributed by atoms with E-state index in [0.717, 1.165) is 4.90 Å². The zero-order valence-electron chi connectivity index (χ0n) is 6.56. The summed E-state index contributed by atoms with van der Waals surface area (Å²) in [5, 5.41) is 8.38. The van der Waals surface area contributed by atoms with Gasteiger partial charge in [0.25, 0.3) is 0 Å². The lowest BCUT2D eigenvalue weighted by atomic mass is 10.4. The fourth-order valence-electron chi connectivity index (χ4n) is 0.870. The highest BCUT2D eigenvalue weighted by molar-refractivity contribution is 5.79. The number of aliphatic carboxylic acids is 1. The largest absolute Gasteiger partial charge is 0.480 e. The predicted molar refractivity (Wildman–Crippen MR) is 36.3 cm³/mol. The highest BCUT2D eigenvalue weighted by Gasteiger charge is 2.24. The molecule has 1 fully saturated rings. The molecule has 1 N–H and O–H groups in total. The first kappa shape index (κ1) is 9.46. The molecule has 0 atom stereocenters. The third-order valence-electron chi connectivity index (χ3n) is 1.29. The third kappa shape index (κ3) is 3.08. The van der Waals surface area contributed by atoms with Gasteiger partial charge in [0.15, 0.2) is 0 Å². The Labute approximate surface area is 72.8 Å². The zero-order chi connectivity index (χ0) is 9.84. The van der Waals surface area contributed by atoms with Gasteiger partial charge in [0, 0.05) is 0 Å². The van der Waals surface area contributed by atoms with Crippen LogP contribution >= 0.6 is 0 Å². The molecule has 0 spiro atoms. The van der Waals surface area contributed by atoms with E-state index >= 15 is 0 Å². The summed E-state index contributed by atoms with van der Waals surface area (Å²) >= 11 is 0. The van der Waals surface area contributed by atoms with Gasteiger partial charge in [0.2, 0.25) is 0 Å². The minimum atomic E-state index is -1.12. The minimum Gasteiger partial charge on any atom is -0.480 e. The molecular weight excluding hydrogens is 182 g/mol. The molecule has 0 aromatic rings. The van der Waals surface area contributed by atoms with Crippen LogP contribution in [0.1, 0.15) is 0 Å². The van der Waals surface area contributed by atoms with E-state index in [4.69, 9.17) is 5.11 Å². The lowest BCUT2D eigenvalue weighted by Gasteiger charge is -2.11. The molecule has 7 heteroatoms. The Balaban J connectivity index is 2.56. The lowest BCUT2D eigenvalue weighted by molar-refractivity contribution is -0.253. The maximum absolute atomic E-state index is 10.7. The van der Waals surface area contributed by atoms with Gasteiger partial charge in [0.05, 0.1) is 6.54 Å². The first-order chi connectivity index (χ1) is 6.08. The van der Waals surface area contributed by atoms with Crippen molar-refractivity contribution in [3.63, 3.8) is 0 Å². The van der Waals surface area contributed by atoms with E-state index < -0.39 is 24.5 Å². The fourth-order valence-corrected chi connectivity index (χ4v) is 0.870. The van der Waals surface area contributed by atoms with Crippen molar-refractivity contribution in [2.75, 3.05) is 19.6 Å². The second-order valence-electron chi connectivity index (χ2n) is 2.45. The summed E-state index contributed by atoms with van der Waals surface area (Å²) in [6.07, 6.45) is 0. The van der Waals surface area contributed by atoms with Crippen molar-refractivity contribution in [3.8, 4) is 0 Å². The summed E-state index contributed by atoms with van der Waals surface area (Å²) in [4.78, 5) is 40.7. The maximum Gasteiger partial charge on any atom is 0.369 e. The van der Waals surface area contributed by atoms with Crippen LogP contribution in [-0.2, 0) is 24.2 Å². The molecule has 1 aliphatic heterocycles. The summed E-state index contributed by atoms with van der Waals surface area (Å²) in [6.45, 7) is -0.930. The van der Waals surface area contributed by atoms with E-state index in [0.29, 0.717) is 0 Å². The van der Waals surface area contributed by atoms with Crippen LogP contribution in [0.3, 0.4) is 0 Å². The molecule has 7 nitrogen and oxygen atoms in total. The Kier molecular flexibility index (Phi) is 2.80. The van der Waals surface area contributed by atoms with Crippen molar-refractivity contribution < 1.29 is 29.3 Å². The zero-order valence-corrected chi connectivity index (χ0v) is 6.56. The first-order valence-electron chi connectivity index (χ1n) is 3.42. The van der Waals surface area contributed by atoms with Gasteiger partial charge in [-0.2, -0.15) is 0 Å². The number of carboxylic acid groups (broad SMARTS) is 1. The number of carbonyl (C=O) groups is 3. The molecule has 0 amide bonds. The van der Waals surface area contributed by atoms with Gasteiger partial charge in [0.1, 0.15) is 13.1 Å². The smallest absolute Gasteiger partial charge is 0.369 e. The predicted octanol–water partition coefficient (Wildman–Crippen LogP) is -1.61. The molecule has 0 radical (unpaired) electrons. The third-order valence-corrected chi connectivity index (χ3v) is 1.29. The second-order valence-corrected chi connectivity index (χ2v) is 2.45. The average Bonchev–Trinajstić information content (AvgIpc) is 2.11. The van der Waals surface area contributed by atoms with Gasteiger partial charge in [-0.1, -0.05) is 0 Å². The quantitative estimate of drug-likeness (QED) is 0.522. The van der Waals surface area contributed by atoms with Crippen molar-refractivity contribution in [2.24, 2.45) is 0 Å². The average molecular weight is 189 g/mol. The van der Waals surface area contributed by atoms with Crippen LogP contribution in [0.5, 0.6) is 0 Å². The molecule has 0 aromatic carbocycles. The second kappa shape index (κ2) is 3.85. The molecule has 1 aliphatic rings. The molecule has 0 aliphatic carbocycles. The number of rotatable bonds is 2. The number of carboxylic acids is 1. The van der Waals surface area contributed by atoms with Gasteiger partial charge in [-0.15, -0.1) is 0 Å². The van der Waals surface area contributed by atoms with Crippen molar-refractivity contribution in [2.45, 2.75) is 0 Å². The van der Waals surface area contributed by atoms with Crippen LogP contribution in [-0.4, -0.2) is 47.5 Å². The Bertz CT molecular complexity index is 232. The maximum atomic E-state index is 10.7. The number of carbonyl (C=O) groups excluding carboxylic acids is 2. The van der Waals surface area contributed by atoms with Crippen LogP contribution in [0.15, 0.2) is 0 Å². The fraction of sp³-hybridized carbons (Fsp3) is 0.500. The SMILES string of the molecule is O=C(O)CN1CC(=O)OOC(=O)C1. The number of hydrogen-bond donors (Lipinski definition) is 1. The standard InChI is InChI=1S/C6H7NO6/c8-4(9)1-7-2-5(10)12-13-6(11)3-7/h1-3H2,(H,8,9). The van der Waals surface area contributed by atoms with Gasteiger partial charge in [-0.05, 0) is 0 Å². The molecule has 0 unspecified atom stereocenters. The highest BCUT2D eigenvalue weighted by atomic mass is 17.2. The molecule has 1 saturated heterocycles. The number of nitrogens with zero attached hydrogens (tertiary/aromatic N) is 1. The van der Waals surface area contributed by atoms with Crippen molar-refractivity contribution in [3.05, 3.63) is 0 Å². The first-order valence-corrected chi connectivity index (χ1v) is 3.42. The van der Waals surface area contributed by atoms with E-state index in [2.05, 4.69) is 9.78 Å². The van der Waals surface area contributed by atoms with Crippen molar-refractivity contribution in [1.82, 2.24) is 4.90 Å². The van der Waals surface area contributed by atoms with Crippen LogP contribution in [0.2, 0.25) is 0 Å². The monoisotopic (exact) mass is 189 g/mol. The summed E-state index contributed by atoms with van der Waals surface area (Å²) in [7, 11) is 0. The molecule has 72 valence electrons. The normalized spacial score (nSPS) is 18.8. The van der Waals surface area contributed by atoms with E-state index in [1.54, 1.807) is 0 Å². The molecule has 0 bridgehead atoms. The highest BCUT2D eigenvalue weighted by Crippen LogP contribution is 1.98. The van der Waals surface area contributed by atoms with E-state index in [1.807, 2.05) is 0 Å². The van der Waals surface area contributed by atoms with Gasteiger partial charge in [-0.3, -0.25) is 9.69 Å². The molecular formula is C6H7NO6. The molecule has 1 rings (SSSR count). The Hall–Kier alpha value is -1.63. The van der Waals surface area contributed by atoms with Crippen molar-refractivity contribution >= 4 is 17.9 Å². The van der Waals surface area contributed by atoms with E-state index in [-0.39, 0.29) is 13.1 Å². The van der Waals surface area contributed by atoms with E-state index in [9.17, 15) is 14.4 Å². The molecule has 0 saturated carbocycles. The van der Waals surface area contributed by atoms with Gasteiger partial charge >= 0.3 is 17.9 Å². The van der Waals surface area contributed by atoms with E-state index in [1.165, 1.54) is 0 Å². The van der Waals surface area contributed by atoms with Gasteiger partial charge < -0.3 is 5.11 Å². The summed E-state index contributed by atoms with van der Waals surface area (Å²) < 4.78 is 0. The Morgan fingerprint density at radius 1 is 1.31 bits per heavy atom. The number of hydrogen-bond acceptors (Lipinski definition) is 6. The lowest BCUT2D eigenvalue weighted by Crippen LogP contribution is -2.35. The molecule has 13 heavy (non-hydrogen) atoms. The van der Waals surface area contributed by atoms with Crippen LogP contribution < -0.4 is 0 Å². The molecule has 1 heterocycles. The minimum absolute atomic E-state index is 0.266. The van der Waals surface area contributed by atoms with Crippen LogP contribution in [0.25, 0.3) is 0 Å². The van der Waals surface area contributed by atoms with Crippen LogP contribution in [0, 0.1) is 0 Å². The topological polar surface area (TPSA) is 93.1 Å².